The quantitative estimate of drug-likeness (QED) is 0.399. The van der Waals surface area contributed by atoms with Gasteiger partial charge in [-0.3, -0.25) is 4.79 Å². The number of furan rings is 1. The van der Waals surface area contributed by atoms with Crippen LogP contribution in [0, 0.1) is 6.92 Å². The van der Waals surface area contributed by atoms with Gasteiger partial charge in [0.2, 0.25) is 11.5 Å². The van der Waals surface area contributed by atoms with Crippen molar-refractivity contribution in [1.29, 1.82) is 0 Å². The fourth-order valence-electron chi connectivity index (χ4n) is 2.67. The third kappa shape index (κ3) is 2.91. The Morgan fingerprint density at radius 3 is 2.69 bits per heavy atom. The second kappa shape index (κ2) is 6.37. The first-order chi connectivity index (χ1) is 12.6. The number of hydrogen-bond acceptors (Lipinski definition) is 5. The summed E-state index contributed by atoms with van der Waals surface area (Å²) in [6.45, 7) is 1.96. The average molecular weight is 346 g/mol. The van der Waals surface area contributed by atoms with Gasteiger partial charge in [-0.15, -0.1) is 0 Å². The van der Waals surface area contributed by atoms with Gasteiger partial charge in [0.15, 0.2) is 5.76 Å². The molecule has 0 atom stereocenters. The highest BCUT2D eigenvalue weighted by molar-refractivity contribution is 6.14. The van der Waals surface area contributed by atoms with Crippen LogP contribution in [0.1, 0.15) is 32.0 Å². The minimum Gasteiger partial charge on any atom is -0.457 e. The van der Waals surface area contributed by atoms with Gasteiger partial charge in [0, 0.05) is 6.07 Å². The summed E-state index contributed by atoms with van der Waals surface area (Å²) >= 11 is 0. The third-order valence-corrected chi connectivity index (χ3v) is 4.05. The van der Waals surface area contributed by atoms with Crippen LogP contribution in [0.3, 0.4) is 0 Å². The SMILES string of the molecule is Cc1ccccc1/C=C1/Oc2cc(OC(=O)c3ccco3)ccc2C1=O. The average Bonchev–Trinajstić information content (AvgIpc) is 3.26. The van der Waals surface area contributed by atoms with Crippen molar-refractivity contribution in [2.24, 2.45) is 0 Å². The second-order valence-electron chi connectivity index (χ2n) is 5.82. The molecule has 0 bridgehead atoms. The Hall–Kier alpha value is -3.60. The van der Waals surface area contributed by atoms with E-state index < -0.39 is 5.97 Å². The van der Waals surface area contributed by atoms with Gasteiger partial charge in [0.25, 0.3) is 0 Å². The fraction of sp³-hybridized carbons (Fsp3) is 0.0476. The predicted octanol–water partition coefficient (Wildman–Crippen LogP) is 4.42. The molecule has 26 heavy (non-hydrogen) atoms. The molecule has 0 amide bonds. The van der Waals surface area contributed by atoms with Crippen molar-refractivity contribution >= 4 is 17.8 Å². The Labute approximate surface area is 149 Å². The summed E-state index contributed by atoms with van der Waals surface area (Å²) in [4.78, 5) is 24.5. The van der Waals surface area contributed by atoms with Crippen molar-refractivity contribution in [3.8, 4) is 11.5 Å². The Bertz CT molecular complexity index is 1030. The van der Waals surface area contributed by atoms with Crippen LogP contribution >= 0.6 is 0 Å². The van der Waals surface area contributed by atoms with E-state index in [0.29, 0.717) is 11.3 Å². The van der Waals surface area contributed by atoms with Crippen LogP contribution in [-0.4, -0.2) is 11.8 Å². The predicted molar refractivity (Wildman–Crippen MR) is 94.2 cm³/mol. The maximum atomic E-state index is 12.5. The van der Waals surface area contributed by atoms with E-state index in [1.165, 1.54) is 18.4 Å². The first-order valence-corrected chi connectivity index (χ1v) is 8.01. The fourth-order valence-corrected chi connectivity index (χ4v) is 2.67. The van der Waals surface area contributed by atoms with Crippen LogP contribution in [0.5, 0.6) is 11.5 Å². The van der Waals surface area contributed by atoms with Crippen LogP contribution < -0.4 is 9.47 Å². The van der Waals surface area contributed by atoms with Crippen LogP contribution in [-0.2, 0) is 0 Å². The first kappa shape index (κ1) is 15.9. The lowest BCUT2D eigenvalue weighted by Gasteiger charge is -2.04. The summed E-state index contributed by atoms with van der Waals surface area (Å²) in [5, 5.41) is 0. The van der Waals surface area contributed by atoms with Crippen LogP contribution in [0.25, 0.3) is 6.08 Å². The third-order valence-electron chi connectivity index (χ3n) is 4.05. The van der Waals surface area contributed by atoms with Crippen molar-refractivity contribution in [2.75, 3.05) is 0 Å². The minimum absolute atomic E-state index is 0.0997. The van der Waals surface area contributed by atoms with E-state index in [1.807, 2.05) is 31.2 Å². The maximum Gasteiger partial charge on any atom is 0.379 e. The van der Waals surface area contributed by atoms with Crippen molar-refractivity contribution in [3.63, 3.8) is 0 Å². The number of hydrogen-bond donors (Lipinski definition) is 0. The number of ether oxygens (including phenoxy) is 2. The molecule has 0 saturated heterocycles. The Morgan fingerprint density at radius 2 is 1.92 bits per heavy atom. The molecule has 2 heterocycles. The summed E-state index contributed by atoms with van der Waals surface area (Å²) in [5.74, 6) is 0.156. The molecule has 4 rings (SSSR count). The molecule has 5 nitrogen and oxygen atoms in total. The number of fused-ring (bicyclic) bond motifs is 1. The van der Waals surface area contributed by atoms with Crippen LogP contribution in [0.15, 0.2) is 71.0 Å². The van der Waals surface area contributed by atoms with Crippen molar-refractivity contribution in [3.05, 3.63) is 89.1 Å². The van der Waals surface area contributed by atoms with Crippen molar-refractivity contribution < 1.29 is 23.5 Å². The van der Waals surface area contributed by atoms with E-state index in [2.05, 4.69) is 0 Å². The molecular weight excluding hydrogens is 332 g/mol. The van der Waals surface area contributed by atoms with Gasteiger partial charge < -0.3 is 13.9 Å². The molecule has 2 aromatic carbocycles. The van der Waals surface area contributed by atoms with E-state index in [4.69, 9.17) is 13.9 Å². The van der Waals surface area contributed by atoms with Crippen LogP contribution in [0.2, 0.25) is 0 Å². The second-order valence-corrected chi connectivity index (χ2v) is 5.82. The summed E-state index contributed by atoms with van der Waals surface area (Å²) < 4.78 is 15.9. The summed E-state index contributed by atoms with van der Waals surface area (Å²) in [6.07, 6.45) is 3.11. The van der Waals surface area contributed by atoms with E-state index in [9.17, 15) is 9.59 Å². The van der Waals surface area contributed by atoms with E-state index in [-0.39, 0.29) is 23.1 Å². The smallest absolute Gasteiger partial charge is 0.379 e. The Morgan fingerprint density at radius 1 is 1.08 bits per heavy atom. The number of carbonyl (C=O) groups is 2. The zero-order valence-electron chi connectivity index (χ0n) is 13.9. The first-order valence-electron chi connectivity index (χ1n) is 8.01. The van der Waals surface area contributed by atoms with E-state index in [1.54, 1.807) is 24.3 Å². The molecule has 0 N–H and O–H groups in total. The number of rotatable bonds is 3. The van der Waals surface area contributed by atoms with Gasteiger partial charge in [0.1, 0.15) is 11.5 Å². The standard InChI is InChI=1S/C21H14O5/c1-13-5-2-3-6-14(13)11-19-20(22)16-9-8-15(12-18(16)26-19)25-21(23)17-7-4-10-24-17/h2-12H,1H3/b19-11+. The molecule has 0 aliphatic carbocycles. The van der Waals surface area contributed by atoms with Gasteiger partial charge in [0.05, 0.1) is 11.8 Å². The molecule has 0 spiro atoms. The highest BCUT2D eigenvalue weighted by Gasteiger charge is 2.28. The van der Waals surface area contributed by atoms with E-state index >= 15 is 0 Å². The van der Waals surface area contributed by atoms with E-state index in [0.717, 1.165) is 11.1 Å². The molecule has 1 aliphatic heterocycles. The number of aryl methyl sites for hydroxylation is 1. The highest BCUT2D eigenvalue weighted by Crippen LogP contribution is 2.35. The van der Waals surface area contributed by atoms with Gasteiger partial charge in [-0.25, -0.2) is 4.79 Å². The van der Waals surface area contributed by atoms with Gasteiger partial charge in [-0.2, -0.15) is 0 Å². The zero-order chi connectivity index (χ0) is 18.1. The number of allylic oxidation sites excluding steroid dienone is 1. The van der Waals surface area contributed by atoms with Crippen LogP contribution in [0.4, 0.5) is 0 Å². The van der Waals surface area contributed by atoms with Gasteiger partial charge in [-0.1, -0.05) is 24.3 Å². The summed E-state index contributed by atoms with van der Waals surface area (Å²) in [7, 11) is 0. The number of esters is 1. The van der Waals surface area contributed by atoms with Crippen molar-refractivity contribution in [1.82, 2.24) is 0 Å². The lowest BCUT2D eigenvalue weighted by Crippen LogP contribution is -2.07. The van der Waals surface area contributed by atoms with Gasteiger partial charge in [-0.05, 0) is 48.4 Å². The summed E-state index contributed by atoms with van der Waals surface area (Å²) in [5.41, 5.74) is 2.39. The topological polar surface area (TPSA) is 65.7 Å². The molecule has 3 aromatic rings. The molecule has 0 fully saturated rings. The maximum absolute atomic E-state index is 12.5. The molecule has 5 heteroatoms. The highest BCUT2D eigenvalue weighted by atomic mass is 16.5. The van der Waals surface area contributed by atoms with Crippen molar-refractivity contribution in [2.45, 2.75) is 6.92 Å². The molecule has 0 radical (unpaired) electrons. The Balaban J connectivity index is 1.59. The molecule has 128 valence electrons. The largest absolute Gasteiger partial charge is 0.457 e. The van der Waals surface area contributed by atoms with Gasteiger partial charge >= 0.3 is 5.97 Å². The molecule has 0 saturated carbocycles. The minimum atomic E-state index is -0.616. The number of benzene rings is 2. The summed E-state index contributed by atoms with van der Waals surface area (Å²) in [6, 6.07) is 15.5. The molecule has 1 aliphatic rings. The molecule has 1 aromatic heterocycles. The molecule has 0 unspecified atom stereocenters. The Kier molecular flexibility index (Phi) is 3.89. The zero-order valence-corrected chi connectivity index (χ0v) is 13.9. The number of carbonyl (C=O) groups excluding carboxylic acids is 2. The lowest BCUT2D eigenvalue weighted by atomic mass is 10.1. The number of Topliss-reactive ketones (excluding diaryl/α,β-unsaturated/α-hetero) is 1. The molecular formula is C21H14O5. The normalized spacial score (nSPS) is 14.2. The monoisotopic (exact) mass is 346 g/mol. The number of ketones is 1. The lowest BCUT2D eigenvalue weighted by molar-refractivity contribution is 0.0701.